The highest BCUT2D eigenvalue weighted by atomic mass is 32.2. The fourth-order valence-electron chi connectivity index (χ4n) is 2.79. The number of aryl methyl sites for hydroxylation is 2. The largest absolute Gasteiger partial charge is 0.293 e. The second-order valence-corrected chi connectivity index (χ2v) is 8.04. The first-order valence-electron chi connectivity index (χ1n) is 7.18. The maximum absolute atomic E-state index is 12.1. The molecule has 0 atom stereocenters. The van der Waals surface area contributed by atoms with Crippen molar-refractivity contribution in [3.8, 4) is 0 Å². The van der Waals surface area contributed by atoms with Crippen LogP contribution in [0.15, 0.2) is 18.2 Å². The van der Waals surface area contributed by atoms with Gasteiger partial charge in [-0.25, -0.2) is 8.42 Å². The van der Waals surface area contributed by atoms with Gasteiger partial charge in [-0.2, -0.15) is 0 Å². The molecule has 0 aliphatic heterocycles. The van der Waals surface area contributed by atoms with Crippen molar-refractivity contribution in [1.82, 2.24) is 0 Å². The molecule has 1 aromatic carbocycles. The maximum atomic E-state index is 12.1. The molecule has 0 amide bonds. The summed E-state index contributed by atoms with van der Waals surface area (Å²) in [6.45, 7) is 3.90. The normalized spacial score (nSPS) is 16.5. The van der Waals surface area contributed by atoms with Crippen molar-refractivity contribution in [3.05, 3.63) is 34.9 Å². The Balaban J connectivity index is 2.04. The van der Waals surface area contributed by atoms with Crippen LogP contribution in [0, 0.1) is 19.8 Å². The molecule has 1 aliphatic rings. The minimum Gasteiger partial charge on any atom is -0.293 e. The molecule has 0 unspecified atom stereocenters. The van der Waals surface area contributed by atoms with Gasteiger partial charge in [-0.05, 0) is 49.8 Å². The van der Waals surface area contributed by atoms with Crippen LogP contribution >= 0.6 is 0 Å². The van der Waals surface area contributed by atoms with Gasteiger partial charge in [0.25, 0.3) is 0 Å². The zero-order valence-corrected chi connectivity index (χ0v) is 13.0. The highest BCUT2D eigenvalue weighted by Crippen LogP contribution is 2.26. The van der Waals surface area contributed by atoms with E-state index in [9.17, 15) is 13.2 Å². The summed E-state index contributed by atoms with van der Waals surface area (Å²) in [5.74, 6) is -0.214. The standard InChI is InChI=1S/C16H22O3S/c1-12-7-8-15(9-13(12)2)16(17)11-20(18,19)10-14-5-3-4-6-14/h7-9,14H,3-6,10-11H2,1-2H3. The molecule has 0 radical (unpaired) electrons. The zero-order valence-electron chi connectivity index (χ0n) is 12.2. The molecular formula is C16H22O3S. The Bertz CT molecular complexity index is 596. The molecule has 1 aliphatic carbocycles. The molecule has 0 aromatic heterocycles. The van der Waals surface area contributed by atoms with E-state index >= 15 is 0 Å². The molecule has 1 fully saturated rings. The fourth-order valence-corrected chi connectivity index (χ4v) is 4.53. The molecule has 0 N–H and O–H groups in total. The lowest BCUT2D eigenvalue weighted by Crippen LogP contribution is -2.22. The summed E-state index contributed by atoms with van der Waals surface area (Å²) in [5.41, 5.74) is 2.63. The Labute approximate surface area is 121 Å². The first-order chi connectivity index (χ1) is 9.37. The fraction of sp³-hybridized carbons (Fsp3) is 0.562. The lowest BCUT2D eigenvalue weighted by molar-refractivity contribution is 0.102. The van der Waals surface area contributed by atoms with Crippen molar-refractivity contribution in [2.45, 2.75) is 39.5 Å². The highest BCUT2D eigenvalue weighted by Gasteiger charge is 2.25. The van der Waals surface area contributed by atoms with Crippen molar-refractivity contribution in [2.75, 3.05) is 11.5 Å². The van der Waals surface area contributed by atoms with E-state index in [4.69, 9.17) is 0 Å². The van der Waals surface area contributed by atoms with E-state index in [-0.39, 0.29) is 23.2 Å². The van der Waals surface area contributed by atoms with Crippen LogP contribution in [0.4, 0.5) is 0 Å². The molecule has 110 valence electrons. The quantitative estimate of drug-likeness (QED) is 0.784. The van der Waals surface area contributed by atoms with E-state index in [0.29, 0.717) is 5.56 Å². The van der Waals surface area contributed by atoms with E-state index in [1.54, 1.807) is 12.1 Å². The number of carbonyl (C=O) groups is 1. The summed E-state index contributed by atoms with van der Waals surface area (Å²) in [5, 5.41) is 0. The van der Waals surface area contributed by atoms with Gasteiger partial charge in [0.2, 0.25) is 0 Å². The Morgan fingerprint density at radius 3 is 2.40 bits per heavy atom. The molecule has 4 heteroatoms. The van der Waals surface area contributed by atoms with Crippen molar-refractivity contribution in [3.63, 3.8) is 0 Å². The molecule has 1 aromatic rings. The van der Waals surface area contributed by atoms with E-state index in [0.717, 1.165) is 36.8 Å². The van der Waals surface area contributed by atoms with Crippen LogP contribution in [0.25, 0.3) is 0 Å². The summed E-state index contributed by atoms with van der Waals surface area (Å²) in [7, 11) is -3.28. The van der Waals surface area contributed by atoms with Gasteiger partial charge in [0.05, 0.1) is 5.75 Å². The first kappa shape index (κ1) is 15.2. The molecular weight excluding hydrogens is 272 g/mol. The number of ketones is 1. The topological polar surface area (TPSA) is 51.2 Å². The average molecular weight is 294 g/mol. The minimum atomic E-state index is -3.28. The predicted octanol–water partition coefficient (Wildman–Crippen LogP) is 3.09. The average Bonchev–Trinajstić information content (AvgIpc) is 2.83. The Kier molecular flexibility index (Phi) is 4.63. The summed E-state index contributed by atoms with van der Waals surface area (Å²) < 4.78 is 24.2. The molecule has 2 rings (SSSR count). The van der Waals surface area contributed by atoms with Crippen molar-refractivity contribution in [1.29, 1.82) is 0 Å². The van der Waals surface area contributed by atoms with Gasteiger partial charge in [0.1, 0.15) is 5.75 Å². The third-order valence-corrected chi connectivity index (χ3v) is 5.83. The van der Waals surface area contributed by atoms with E-state index in [1.807, 2.05) is 19.9 Å². The maximum Gasteiger partial charge on any atom is 0.177 e. The van der Waals surface area contributed by atoms with Crippen molar-refractivity contribution < 1.29 is 13.2 Å². The van der Waals surface area contributed by atoms with Crippen molar-refractivity contribution in [2.24, 2.45) is 5.92 Å². The van der Waals surface area contributed by atoms with Crippen LogP contribution in [-0.2, 0) is 9.84 Å². The zero-order chi connectivity index (χ0) is 14.8. The Morgan fingerprint density at radius 2 is 1.80 bits per heavy atom. The smallest absolute Gasteiger partial charge is 0.177 e. The van der Waals surface area contributed by atoms with Gasteiger partial charge in [0.15, 0.2) is 15.6 Å². The van der Waals surface area contributed by atoms with E-state index in [1.165, 1.54) is 0 Å². The Morgan fingerprint density at radius 1 is 1.15 bits per heavy atom. The molecule has 0 spiro atoms. The summed E-state index contributed by atoms with van der Waals surface area (Å²) >= 11 is 0. The molecule has 1 saturated carbocycles. The summed E-state index contributed by atoms with van der Waals surface area (Å²) in [6.07, 6.45) is 4.20. The predicted molar refractivity (Wildman–Crippen MR) is 80.9 cm³/mol. The number of sulfone groups is 1. The highest BCUT2D eigenvalue weighted by molar-refractivity contribution is 7.92. The first-order valence-corrected chi connectivity index (χ1v) is 9.00. The van der Waals surface area contributed by atoms with Crippen LogP contribution in [0.1, 0.15) is 47.2 Å². The number of benzene rings is 1. The lowest BCUT2D eigenvalue weighted by Gasteiger charge is -2.10. The second-order valence-electron chi connectivity index (χ2n) is 5.93. The third-order valence-electron chi connectivity index (χ3n) is 4.14. The monoisotopic (exact) mass is 294 g/mol. The van der Waals surface area contributed by atoms with Crippen molar-refractivity contribution >= 4 is 15.6 Å². The summed E-state index contributed by atoms with van der Waals surface area (Å²) in [4.78, 5) is 12.1. The van der Waals surface area contributed by atoms with Gasteiger partial charge >= 0.3 is 0 Å². The van der Waals surface area contributed by atoms with Gasteiger partial charge in [-0.15, -0.1) is 0 Å². The molecule has 0 heterocycles. The van der Waals surface area contributed by atoms with Crippen LogP contribution in [0.2, 0.25) is 0 Å². The molecule has 0 bridgehead atoms. The van der Waals surface area contributed by atoms with Gasteiger partial charge in [-0.1, -0.05) is 25.0 Å². The van der Waals surface area contributed by atoms with E-state index < -0.39 is 9.84 Å². The SMILES string of the molecule is Cc1ccc(C(=O)CS(=O)(=O)CC2CCCC2)cc1C. The number of hydrogen-bond acceptors (Lipinski definition) is 3. The van der Waals surface area contributed by atoms with Crippen LogP contribution in [0.5, 0.6) is 0 Å². The van der Waals surface area contributed by atoms with Crippen LogP contribution in [-0.4, -0.2) is 25.7 Å². The van der Waals surface area contributed by atoms with E-state index in [2.05, 4.69) is 0 Å². The summed E-state index contributed by atoms with van der Waals surface area (Å²) in [6, 6.07) is 5.37. The molecule has 3 nitrogen and oxygen atoms in total. The lowest BCUT2D eigenvalue weighted by atomic mass is 10.0. The molecule has 0 saturated heterocycles. The number of Topliss-reactive ketones (excluding diaryl/α,β-unsaturated/α-hetero) is 1. The molecule has 20 heavy (non-hydrogen) atoms. The number of carbonyl (C=O) groups excluding carboxylic acids is 1. The van der Waals surface area contributed by atoms with Gasteiger partial charge < -0.3 is 0 Å². The van der Waals surface area contributed by atoms with Crippen LogP contribution in [0.3, 0.4) is 0 Å². The number of hydrogen-bond donors (Lipinski definition) is 0. The number of rotatable bonds is 5. The minimum absolute atomic E-state index is 0.170. The Hall–Kier alpha value is -1.16. The van der Waals surface area contributed by atoms with Gasteiger partial charge in [0, 0.05) is 5.56 Å². The second kappa shape index (κ2) is 6.08. The van der Waals surface area contributed by atoms with Crippen LogP contribution < -0.4 is 0 Å². The third kappa shape index (κ3) is 3.92. The van der Waals surface area contributed by atoms with Gasteiger partial charge in [-0.3, -0.25) is 4.79 Å².